The van der Waals surface area contributed by atoms with Gasteiger partial charge in [-0.15, -0.1) is 0 Å². The number of aryl methyl sites for hydroxylation is 1. The number of sulfonamides is 1. The van der Waals surface area contributed by atoms with Gasteiger partial charge in [-0.25, -0.2) is 12.8 Å². The van der Waals surface area contributed by atoms with Crippen molar-refractivity contribution in [3.63, 3.8) is 0 Å². The fourth-order valence-corrected chi connectivity index (χ4v) is 4.74. The van der Waals surface area contributed by atoms with E-state index >= 15 is 0 Å². The molecule has 0 atom stereocenters. The highest BCUT2D eigenvalue weighted by Crippen LogP contribution is 2.21. The van der Waals surface area contributed by atoms with Gasteiger partial charge < -0.3 is 0 Å². The third-order valence-electron chi connectivity index (χ3n) is 4.60. The molecule has 0 radical (unpaired) electrons. The van der Waals surface area contributed by atoms with Crippen molar-refractivity contribution in [2.45, 2.75) is 31.8 Å². The van der Waals surface area contributed by atoms with Crippen molar-refractivity contribution in [1.29, 1.82) is 0 Å². The number of piperazine rings is 1. The van der Waals surface area contributed by atoms with Crippen LogP contribution in [0.25, 0.3) is 0 Å². The summed E-state index contributed by atoms with van der Waals surface area (Å²) < 4.78 is 42.2. The molecular weight excluding hydrogens is 343 g/mol. The number of rotatable bonds is 5. The Hall–Kier alpha value is -1.77. The zero-order valence-electron chi connectivity index (χ0n) is 14.5. The van der Waals surface area contributed by atoms with Crippen LogP contribution in [0.1, 0.15) is 18.2 Å². The van der Waals surface area contributed by atoms with Crippen molar-refractivity contribution >= 4 is 10.0 Å². The molecule has 1 aromatic carbocycles. The Bertz CT molecular complexity index is 842. The summed E-state index contributed by atoms with van der Waals surface area (Å²) in [4.78, 5) is 2.43. The normalized spacial score (nSPS) is 17.1. The lowest BCUT2D eigenvalue weighted by atomic mass is 10.2. The van der Waals surface area contributed by atoms with Crippen LogP contribution in [-0.2, 0) is 23.1 Å². The molecule has 8 heteroatoms. The van der Waals surface area contributed by atoms with Crippen molar-refractivity contribution in [2.24, 2.45) is 0 Å². The minimum Gasteiger partial charge on any atom is -0.296 e. The molecule has 0 saturated carbocycles. The van der Waals surface area contributed by atoms with Crippen LogP contribution in [0.3, 0.4) is 0 Å². The average molecular weight is 366 g/mol. The third kappa shape index (κ3) is 3.75. The lowest BCUT2D eigenvalue weighted by Gasteiger charge is -2.33. The maximum Gasteiger partial charge on any atom is 0.246 e. The molecule has 1 aromatic heterocycles. The van der Waals surface area contributed by atoms with Gasteiger partial charge in [0.25, 0.3) is 0 Å². The number of aromatic nitrogens is 2. The van der Waals surface area contributed by atoms with Crippen molar-refractivity contribution < 1.29 is 12.8 Å². The molecule has 0 N–H and O–H groups in total. The minimum absolute atomic E-state index is 0.248. The lowest BCUT2D eigenvalue weighted by molar-refractivity contribution is 0.181. The standard InChI is InChI=1S/C17H23FN4O2S/c1-3-22-14(2)17(12-19-22)25(23,24)21-9-7-20(8-10-21)13-15-5-4-6-16(18)11-15/h4-6,11-12H,3,7-10,13H2,1-2H3. The van der Waals surface area contributed by atoms with Gasteiger partial charge in [0.15, 0.2) is 0 Å². The fourth-order valence-electron chi connectivity index (χ4n) is 3.16. The summed E-state index contributed by atoms with van der Waals surface area (Å²) in [6.07, 6.45) is 1.44. The maximum absolute atomic E-state index is 13.3. The van der Waals surface area contributed by atoms with Crippen LogP contribution < -0.4 is 0 Å². The molecule has 136 valence electrons. The van der Waals surface area contributed by atoms with Crippen LogP contribution in [0, 0.1) is 12.7 Å². The highest BCUT2D eigenvalue weighted by atomic mass is 32.2. The molecule has 0 bridgehead atoms. The van der Waals surface area contributed by atoms with Crippen LogP contribution in [-0.4, -0.2) is 53.6 Å². The highest BCUT2D eigenvalue weighted by Gasteiger charge is 2.31. The van der Waals surface area contributed by atoms with Crippen LogP contribution in [0.2, 0.25) is 0 Å². The Morgan fingerprint density at radius 2 is 1.92 bits per heavy atom. The summed E-state index contributed by atoms with van der Waals surface area (Å²) in [7, 11) is -3.52. The van der Waals surface area contributed by atoms with Gasteiger partial charge in [-0.2, -0.15) is 9.40 Å². The van der Waals surface area contributed by atoms with E-state index < -0.39 is 10.0 Å². The zero-order valence-corrected chi connectivity index (χ0v) is 15.3. The molecule has 0 amide bonds. The second-order valence-electron chi connectivity index (χ2n) is 6.22. The summed E-state index contributed by atoms with van der Waals surface area (Å²) in [6, 6.07) is 6.52. The molecule has 1 fully saturated rings. The maximum atomic E-state index is 13.3. The monoisotopic (exact) mass is 366 g/mol. The fraction of sp³-hybridized carbons (Fsp3) is 0.471. The van der Waals surface area contributed by atoms with Crippen molar-refractivity contribution in [2.75, 3.05) is 26.2 Å². The Morgan fingerprint density at radius 3 is 2.52 bits per heavy atom. The number of hydrogen-bond donors (Lipinski definition) is 0. The van der Waals surface area contributed by atoms with Crippen LogP contribution >= 0.6 is 0 Å². The van der Waals surface area contributed by atoms with E-state index in [1.54, 1.807) is 17.7 Å². The smallest absolute Gasteiger partial charge is 0.246 e. The van der Waals surface area contributed by atoms with E-state index in [2.05, 4.69) is 10.00 Å². The largest absolute Gasteiger partial charge is 0.296 e. The van der Waals surface area contributed by atoms with Crippen molar-refractivity contribution in [1.82, 2.24) is 19.0 Å². The Morgan fingerprint density at radius 1 is 1.20 bits per heavy atom. The first-order valence-electron chi connectivity index (χ1n) is 8.41. The molecule has 3 rings (SSSR count). The van der Waals surface area contributed by atoms with E-state index in [-0.39, 0.29) is 10.7 Å². The van der Waals surface area contributed by atoms with Gasteiger partial charge in [0.1, 0.15) is 10.7 Å². The predicted octanol–water partition coefficient (Wildman–Crippen LogP) is 1.86. The lowest BCUT2D eigenvalue weighted by Crippen LogP contribution is -2.48. The van der Waals surface area contributed by atoms with Crippen LogP contribution in [0.4, 0.5) is 4.39 Å². The second kappa shape index (κ2) is 7.23. The Kier molecular flexibility index (Phi) is 5.21. The topological polar surface area (TPSA) is 58.4 Å². The molecule has 1 aliphatic rings. The third-order valence-corrected chi connectivity index (χ3v) is 6.60. The molecule has 25 heavy (non-hydrogen) atoms. The van der Waals surface area contributed by atoms with E-state index in [0.29, 0.717) is 45.0 Å². The quantitative estimate of drug-likeness (QED) is 0.810. The average Bonchev–Trinajstić information content (AvgIpc) is 2.97. The van der Waals surface area contributed by atoms with Gasteiger partial charge in [0, 0.05) is 39.3 Å². The van der Waals surface area contributed by atoms with Crippen LogP contribution in [0.5, 0.6) is 0 Å². The van der Waals surface area contributed by atoms with Crippen molar-refractivity contribution in [3.05, 3.63) is 47.5 Å². The zero-order chi connectivity index (χ0) is 18.0. The van der Waals surface area contributed by atoms with Gasteiger partial charge in [0.2, 0.25) is 10.0 Å². The molecule has 2 aromatic rings. The Labute approximate surface area is 147 Å². The molecule has 0 unspecified atom stereocenters. The number of hydrogen-bond acceptors (Lipinski definition) is 4. The highest BCUT2D eigenvalue weighted by molar-refractivity contribution is 7.89. The summed E-state index contributed by atoms with van der Waals surface area (Å²) in [5.41, 5.74) is 1.57. The summed E-state index contributed by atoms with van der Waals surface area (Å²) in [5.74, 6) is -0.248. The van der Waals surface area contributed by atoms with E-state index in [9.17, 15) is 12.8 Å². The number of halogens is 1. The van der Waals surface area contributed by atoms with Gasteiger partial charge in [-0.1, -0.05) is 12.1 Å². The SMILES string of the molecule is CCn1ncc(S(=O)(=O)N2CCN(Cc3cccc(F)c3)CC2)c1C. The summed E-state index contributed by atoms with van der Waals surface area (Å²) in [6.45, 7) is 7.07. The number of benzene rings is 1. The minimum atomic E-state index is -3.52. The first kappa shape index (κ1) is 18.0. The van der Waals surface area contributed by atoms with E-state index in [0.717, 1.165) is 5.56 Å². The molecule has 1 aliphatic heterocycles. The second-order valence-corrected chi connectivity index (χ2v) is 8.13. The van der Waals surface area contributed by atoms with Gasteiger partial charge >= 0.3 is 0 Å². The molecular formula is C17H23FN4O2S. The van der Waals surface area contributed by atoms with Gasteiger partial charge in [0.05, 0.1) is 11.9 Å². The first-order chi connectivity index (χ1) is 11.9. The van der Waals surface area contributed by atoms with Crippen molar-refractivity contribution in [3.8, 4) is 0 Å². The molecule has 1 saturated heterocycles. The molecule has 0 spiro atoms. The van der Waals surface area contributed by atoms with E-state index in [1.807, 2.05) is 13.0 Å². The van der Waals surface area contributed by atoms with Gasteiger partial charge in [-0.05, 0) is 31.5 Å². The van der Waals surface area contributed by atoms with Gasteiger partial charge in [-0.3, -0.25) is 9.58 Å². The number of nitrogens with zero attached hydrogens (tertiary/aromatic N) is 4. The molecule has 0 aliphatic carbocycles. The summed E-state index contributed by atoms with van der Waals surface area (Å²) >= 11 is 0. The molecule has 6 nitrogen and oxygen atoms in total. The first-order valence-corrected chi connectivity index (χ1v) is 9.85. The predicted molar refractivity (Wildman–Crippen MR) is 93.1 cm³/mol. The van der Waals surface area contributed by atoms with E-state index in [1.165, 1.54) is 22.6 Å². The Balaban J connectivity index is 1.66. The van der Waals surface area contributed by atoms with Crippen LogP contribution in [0.15, 0.2) is 35.4 Å². The van der Waals surface area contributed by atoms with E-state index in [4.69, 9.17) is 0 Å². The summed E-state index contributed by atoms with van der Waals surface area (Å²) in [5, 5.41) is 4.14. The molecule has 2 heterocycles.